The Labute approximate surface area is 229 Å². The molecule has 4 rings (SSSR count). The molecule has 0 amide bonds. The Balaban J connectivity index is 1.75. The first-order valence-electron chi connectivity index (χ1n) is 11.9. The van der Waals surface area contributed by atoms with Gasteiger partial charge in [-0.25, -0.2) is 4.98 Å². The first kappa shape index (κ1) is 26.8. The van der Waals surface area contributed by atoms with Gasteiger partial charge >= 0.3 is 0 Å². The van der Waals surface area contributed by atoms with E-state index in [0.29, 0.717) is 57.3 Å². The van der Waals surface area contributed by atoms with Gasteiger partial charge in [-0.15, -0.1) is 10.2 Å². The number of azo groups is 1. The molecule has 2 heterocycles. The average Bonchev–Trinajstić information content (AvgIpc) is 3.35. The first-order chi connectivity index (χ1) is 18.9. The number of pyridine rings is 1. The number of hydrogen-bond acceptors (Lipinski definition) is 10. The fourth-order valence-electron chi connectivity index (χ4n) is 3.75. The summed E-state index contributed by atoms with van der Waals surface area (Å²) in [4.78, 5) is 15.5. The maximum absolute atomic E-state index is 11.3. The lowest BCUT2D eigenvalue weighted by Crippen LogP contribution is -2.09. The second-order valence-electron chi connectivity index (χ2n) is 8.26. The van der Waals surface area contributed by atoms with Gasteiger partial charge in [-0.05, 0) is 48.6 Å². The second-order valence-corrected chi connectivity index (χ2v) is 9.02. The Kier molecular flexibility index (Phi) is 8.50. The highest BCUT2D eigenvalue weighted by Crippen LogP contribution is 2.39. The van der Waals surface area contributed by atoms with Gasteiger partial charge in [0.15, 0.2) is 10.8 Å². The van der Waals surface area contributed by atoms with Gasteiger partial charge in [0, 0.05) is 35.3 Å². The van der Waals surface area contributed by atoms with Crippen molar-refractivity contribution in [1.29, 1.82) is 5.26 Å². The van der Waals surface area contributed by atoms with E-state index in [4.69, 9.17) is 4.98 Å². The molecule has 194 valence electrons. The van der Waals surface area contributed by atoms with Crippen LogP contribution in [-0.4, -0.2) is 20.8 Å². The molecular formula is C28H24N8O2S. The van der Waals surface area contributed by atoms with E-state index in [1.807, 2.05) is 36.4 Å². The van der Waals surface area contributed by atoms with E-state index >= 15 is 0 Å². The van der Waals surface area contributed by atoms with E-state index in [2.05, 4.69) is 44.5 Å². The number of para-hydroxylation sites is 1. The Morgan fingerprint density at radius 2 is 2.00 bits per heavy atom. The van der Waals surface area contributed by atoms with Crippen LogP contribution >= 0.6 is 11.5 Å². The Morgan fingerprint density at radius 3 is 2.69 bits per heavy atom. The van der Waals surface area contributed by atoms with Crippen molar-refractivity contribution in [1.82, 2.24) is 9.36 Å². The number of benzene rings is 2. The molecule has 0 radical (unpaired) electrons. The molecular weight excluding hydrogens is 512 g/mol. The average molecular weight is 537 g/mol. The minimum absolute atomic E-state index is 0.0619. The molecule has 0 aliphatic carbocycles. The van der Waals surface area contributed by atoms with Crippen LogP contribution in [-0.2, 0) is 0 Å². The summed E-state index contributed by atoms with van der Waals surface area (Å²) in [5.74, 6) is 0.808. The molecule has 0 spiro atoms. The predicted molar refractivity (Wildman–Crippen MR) is 155 cm³/mol. The molecule has 0 aliphatic rings. The number of aromatic nitrogens is 2. The number of rotatable bonds is 11. The number of fused-ring (bicyclic) bond motifs is 1. The molecule has 2 aromatic heterocycles. The quantitative estimate of drug-likeness (QED) is 0.0854. The molecule has 2 N–H and O–H groups in total. The van der Waals surface area contributed by atoms with Crippen LogP contribution < -0.4 is 10.6 Å². The first-order valence-corrected chi connectivity index (χ1v) is 12.6. The van der Waals surface area contributed by atoms with Gasteiger partial charge < -0.3 is 10.6 Å². The molecule has 0 aliphatic heterocycles. The number of hydrogen-bond donors (Lipinski definition) is 2. The number of nitro benzene ring substituents is 1. The monoisotopic (exact) mass is 536 g/mol. The largest absolute Gasteiger partial charge is 0.369 e. The van der Waals surface area contributed by atoms with E-state index in [-0.39, 0.29) is 5.69 Å². The number of non-ortho nitro benzene ring substituents is 1. The summed E-state index contributed by atoms with van der Waals surface area (Å²) < 4.78 is 4.31. The fraction of sp³-hybridized carbons (Fsp3) is 0.107. The number of nitro groups is 1. The van der Waals surface area contributed by atoms with Crippen LogP contribution in [0.15, 0.2) is 95.7 Å². The van der Waals surface area contributed by atoms with Crippen LogP contribution in [0.4, 0.5) is 33.7 Å². The summed E-state index contributed by atoms with van der Waals surface area (Å²) >= 11 is 1.08. The predicted octanol–water partition coefficient (Wildman–Crippen LogP) is 8.04. The van der Waals surface area contributed by atoms with Gasteiger partial charge in [0.05, 0.1) is 16.0 Å². The van der Waals surface area contributed by atoms with Gasteiger partial charge in [0.1, 0.15) is 17.6 Å². The molecule has 0 saturated carbocycles. The molecule has 10 nitrogen and oxygen atoms in total. The van der Waals surface area contributed by atoms with Crippen LogP contribution in [0.25, 0.3) is 10.9 Å². The van der Waals surface area contributed by atoms with Crippen molar-refractivity contribution in [3.63, 3.8) is 0 Å². The van der Waals surface area contributed by atoms with Crippen LogP contribution in [0, 0.1) is 28.4 Å². The fourth-order valence-corrected chi connectivity index (χ4v) is 4.44. The number of anilines is 3. The third-order valence-electron chi connectivity index (χ3n) is 5.76. The van der Waals surface area contributed by atoms with Gasteiger partial charge in [-0.1, -0.05) is 49.6 Å². The minimum atomic E-state index is -0.468. The smallest absolute Gasteiger partial charge is 0.270 e. The maximum Gasteiger partial charge on any atom is 0.270 e. The van der Waals surface area contributed by atoms with E-state index in [0.717, 1.165) is 22.8 Å². The van der Waals surface area contributed by atoms with Crippen LogP contribution in [0.3, 0.4) is 0 Å². The third kappa shape index (κ3) is 6.20. The zero-order chi connectivity index (χ0) is 27.8. The lowest BCUT2D eigenvalue weighted by Gasteiger charge is -2.15. The van der Waals surface area contributed by atoms with Crippen LogP contribution in [0.5, 0.6) is 0 Å². The molecule has 0 saturated heterocycles. The number of nitrogens with one attached hydrogen (secondary N) is 2. The van der Waals surface area contributed by atoms with Crippen molar-refractivity contribution < 1.29 is 4.92 Å². The van der Waals surface area contributed by atoms with Gasteiger partial charge in [0.2, 0.25) is 0 Å². The van der Waals surface area contributed by atoms with Crippen LogP contribution in [0.2, 0.25) is 0 Å². The zero-order valence-electron chi connectivity index (χ0n) is 21.1. The standard InChI is InChI=1S/C28H24N8O2S/c1-4-9-19(5-2)14-15-30-26-23(17-29)18(3)25(27(32-26)31-20-10-7-6-8-11-20)33-34-28-22-16-21(36(37)38)12-13-24(22)35-39-28/h4-13,16H,1-2,14-15H2,3H3,(H2,30,31,32)/b19-9+,34-33?. The summed E-state index contributed by atoms with van der Waals surface area (Å²) in [7, 11) is 0. The second kappa shape index (κ2) is 12.4. The minimum Gasteiger partial charge on any atom is -0.369 e. The molecule has 11 heteroatoms. The maximum atomic E-state index is 11.3. The van der Waals surface area contributed by atoms with Crippen molar-refractivity contribution >= 4 is 56.1 Å². The normalized spacial score (nSPS) is 11.3. The Hall–Kier alpha value is -5.21. The summed E-state index contributed by atoms with van der Waals surface area (Å²) in [5, 5.41) is 37.5. The van der Waals surface area contributed by atoms with Crippen molar-refractivity contribution in [2.24, 2.45) is 10.2 Å². The SMILES string of the molecule is C=C/C=C(\C=C)CCNc1nc(Nc2ccccc2)c(N=Nc2snc3ccc([N+](=O)[O-])cc23)c(C)c1C#N. The van der Waals surface area contributed by atoms with E-state index in [1.165, 1.54) is 12.1 Å². The topological polar surface area (TPSA) is 141 Å². The molecule has 0 atom stereocenters. The molecule has 0 fully saturated rings. The highest BCUT2D eigenvalue weighted by Gasteiger charge is 2.19. The summed E-state index contributed by atoms with van der Waals surface area (Å²) in [6, 6.07) is 16.1. The Bertz CT molecular complexity index is 1650. The van der Waals surface area contributed by atoms with Gasteiger partial charge in [0.25, 0.3) is 5.69 Å². The highest BCUT2D eigenvalue weighted by molar-refractivity contribution is 7.11. The van der Waals surface area contributed by atoms with E-state index in [9.17, 15) is 15.4 Å². The zero-order valence-corrected chi connectivity index (χ0v) is 21.9. The summed E-state index contributed by atoms with van der Waals surface area (Å²) in [5.41, 5.74) is 3.57. The van der Waals surface area contributed by atoms with Crippen molar-refractivity contribution in [2.45, 2.75) is 13.3 Å². The Morgan fingerprint density at radius 1 is 1.21 bits per heavy atom. The van der Waals surface area contributed by atoms with Gasteiger partial charge in [-0.3, -0.25) is 10.1 Å². The molecule has 0 bridgehead atoms. The van der Waals surface area contributed by atoms with Crippen molar-refractivity contribution in [2.75, 3.05) is 17.2 Å². The number of nitrogens with zero attached hydrogens (tertiary/aromatic N) is 6. The lowest BCUT2D eigenvalue weighted by molar-refractivity contribution is -0.384. The lowest BCUT2D eigenvalue weighted by atomic mass is 10.1. The molecule has 4 aromatic rings. The van der Waals surface area contributed by atoms with Crippen LogP contribution in [0.1, 0.15) is 17.5 Å². The molecule has 0 unspecified atom stereocenters. The van der Waals surface area contributed by atoms with Gasteiger partial charge in [-0.2, -0.15) is 9.64 Å². The number of allylic oxidation sites excluding steroid dienone is 3. The third-order valence-corrected chi connectivity index (χ3v) is 6.52. The van der Waals surface area contributed by atoms with E-state index < -0.39 is 4.92 Å². The number of nitriles is 1. The van der Waals surface area contributed by atoms with E-state index in [1.54, 1.807) is 25.1 Å². The van der Waals surface area contributed by atoms with Crippen molar-refractivity contribution in [3.05, 3.63) is 107 Å². The highest BCUT2D eigenvalue weighted by atomic mass is 32.1. The summed E-state index contributed by atoms with van der Waals surface area (Å²) in [6.07, 6.45) is 6.00. The van der Waals surface area contributed by atoms with Crippen molar-refractivity contribution in [3.8, 4) is 6.07 Å². The molecule has 2 aromatic carbocycles. The summed E-state index contributed by atoms with van der Waals surface area (Å²) in [6.45, 7) is 9.83. The molecule has 39 heavy (non-hydrogen) atoms.